The molecule has 22 heavy (non-hydrogen) atoms. The molecule has 0 aliphatic rings. The molecule has 2 rings (SSSR count). The molecular weight excluding hydrogens is 306 g/mol. The molecule has 0 radical (unpaired) electrons. The second kappa shape index (κ2) is 6.52. The van der Waals surface area contributed by atoms with E-state index >= 15 is 0 Å². The number of nitrogens with one attached hydrogen (secondary N) is 1. The summed E-state index contributed by atoms with van der Waals surface area (Å²) in [5.74, 6) is -0.447. The number of hydrogen-bond acceptors (Lipinski definition) is 7. The topological polar surface area (TPSA) is 94.3 Å². The first-order chi connectivity index (χ1) is 10.4. The van der Waals surface area contributed by atoms with Crippen molar-refractivity contribution >= 4 is 28.3 Å². The van der Waals surface area contributed by atoms with E-state index in [4.69, 9.17) is 9.26 Å². The monoisotopic (exact) mass is 321 g/mol. The molecule has 7 nitrogen and oxygen atoms in total. The number of nitrogens with zero attached hydrogens (tertiary/aromatic N) is 2. The third-order valence-corrected chi connectivity index (χ3v) is 3.85. The van der Waals surface area contributed by atoms with Gasteiger partial charge < -0.3 is 9.26 Å². The Labute approximate surface area is 131 Å². The summed E-state index contributed by atoms with van der Waals surface area (Å²) in [5, 5.41) is 6.68. The van der Waals surface area contributed by atoms with E-state index in [2.05, 4.69) is 22.0 Å². The zero-order chi connectivity index (χ0) is 16.3. The molecule has 0 aliphatic heterocycles. The molecule has 8 heteroatoms. The van der Waals surface area contributed by atoms with Crippen LogP contribution in [-0.2, 0) is 4.74 Å². The van der Waals surface area contributed by atoms with Crippen LogP contribution in [-0.4, -0.2) is 28.6 Å². The molecule has 0 atom stereocenters. The van der Waals surface area contributed by atoms with Crippen LogP contribution in [0.15, 0.2) is 17.2 Å². The van der Waals surface area contributed by atoms with Gasteiger partial charge in [0.05, 0.1) is 11.4 Å². The lowest BCUT2D eigenvalue weighted by molar-refractivity contribution is 0.0554. The molecule has 0 saturated heterocycles. The standard InChI is InChI=1S/C14H15N3O4S/c1-5-6-20-13(19)11-8(3)15-14(22-11)16-12(18)10-7(2)17-21-9(10)4/h5H,1,6H2,2-4H3,(H,15,16,18). The summed E-state index contributed by atoms with van der Waals surface area (Å²) in [7, 11) is 0. The van der Waals surface area contributed by atoms with E-state index in [0.717, 1.165) is 11.3 Å². The first-order valence-electron chi connectivity index (χ1n) is 6.43. The third kappa shape index (κ3) is 3.22. The Kier molecular flexibility index (Phi) is 4.71. The van der Waals surface area contributed by atoms with Crippen molar-refractivity contribution in [3.63, 3.8) is 0 Å². The van der Waals surface area contributed by atoms with E-state index in [1.807, 2.05) is 0 Å². The molecule has 0 saturated carbocycles. The molecule has 0 aromatic carbocycles. The molecule has 0 spiro atoms. The maximum absolute atomic E-state index is 12.2. The lowest BCUT2D eigenvalue weighted by Gasteiger charge is -2.00. The number of amides is 1. The van der Waals surface area contributed by atoms with Crippen LogP contribution < -0.4 is 5.32 Å². The van der Waals surface area contributed by atoms with Crippen molar-refractivity contribution in [1.82, 2.24) is 10.1 Å². The lowest BCUT2D eigenvalue weighted by atomic mass is 10.2. The Bertz CT molecular complexity index is 713. The Morgan fingerprint density at radius 1 is 1.36 bits per heavy atom. The number of ether oxygens (including phenoxy) is 1. The van der Waals surface area contributed by atoms with Crippen molar-refractivity contribution in [3.8, 4) is 0 Å². The van der Waals surface area contributed by atoms with Crippen LogP contribution in [0.3, 0.4) is 0 Å². The van der Waals surface area contributed by atoms with E-state index in [-0.39, 0.29) is 12.5 Å². The lowest BCUT2D eigenvalue weighted by Crippen LogP contribution is -2.13. The Morgan fingerprint density at radius 3 is 2.68 bits per heavy atom. The first kappa shape index (κ1) is 15.9. The van der Waals surface area contributed by atoms with Crippen LogP contribution in [0.25, 0.3) is 0 Å². The number of aromatic nitrogens is 2. The minimum absolute atomic E-state index is 0.122. The van der Waals surface area contributed by atoms with E-state index in [1.165, 1.54) is 6.08 Å². The second-order valence-corrected chi connectivity index (χ2v) is 5.47. The second-order valence-electron chi connectivity index (χ2n) is 4.47. The summed E-state index contributed by atoms with van der Waals surface area (Å²) >= 11 is 1.05. The fourth-order valence-corrected chi connectivity index (χ4v) is 2.66. The highest BCUT2D eigenvalue weighted by Gasteiger charge is 2.21. The van der Waals surface area contributed by atoms with Gasteiger partial charge in [-0.2, -0.15) is 0 Å². The summed E-state index contributed by atoms with van der Waals surface area (Å²) in [4.78, 5) is 28.5. The van der Waals surface area contributed by atoms with Crippen LogP contribution in [0.2, 0.25) is 0 Å². The van der Waals surface area contributed by atoms with Gasteiger partial charge in [0.15, 0.2) is 5.13 Å². The highest BCUT2D eigenvalue weighted by atomic mass is 32.1. The van der Waals surface area contributed by atoms with Crippen LogP contribution in [0, 0.1) is 20.8 Å². The summed E-state index contributed by atoms with van der Waals surface area (Å²) in [6.07, 6.45) is 1.48. The summed E-state index contributed by atoms with van der Waals surface area (Å²) < 4.78 is 9.92. The van der Waals surface area contributed by atoms with E-state index in [9.17, 15) is 9.59 Å². The number of carbonyl (C=O) groups is 2. The summed E-state index contributed by atoms with van der Waals surface area (Å²) in [6, 6.07) is 0. The first-order valence-corrected chi connectivity index (χ1v) is 7.25. The van der Waals surface area contributed by atoms with Gasteiger partial charge >= 0.3 is 5.97 Å². The Balaban J connectivity index is 2.16. The molecule has 0 bridgehead atoms. The summed E-state index contributed by atoms with van der Waals surface area (Å²) in [5.41, 5.74) is 1.35. The van der Waals surface area contributed by atoms with Gasteiger partial charge in [-0.3, -0.25) is 10.1 Å². The van der Waals surface area contributed by atoms with Gasteiger partial charge in [0.25, 0.3) is 5.91 Å². The van der Waals surface area contributed by atoms with Crippen molar-refractivity contribution < 1.29 is 18.8 Å². The van der Waals surface area contributed by atoms with Gasteiger partial charge in [-0.05, 0) is 20.8 Å². The van der Waals surface area contributed by atoms with Gasteiger partial charge in [-0.1, -0.05) is 29.1 Å². The van der Waals surface area contributed by atoms with E-state index < -0.39 is 5.97 Å². The number of hydrogen-bond donors (Lipinski definition) is 1. The SMILES string of the molecule is C=CCOC(=O)c1sc(NC(=O)c2c(C)noc2C)nc1C. The highest BCUT2D eigenvalue weighted by molar-refractivity contribution is 7.17. The van der Waals surface area contributed by atoms with Crippen molar-refractivity contribution in [3.05, 3.63) is 40.2 Å². The van der Waals surface area contributed by atoms with Crippen molar-refractivity contribution in [2.45, 2.75) is 20.8 Å². The molecule has 0 unspecified atom stereocenters. The van der Waals surface area contributed by atoms with Crippen molar-refractivity contribution in [1.29, 1.82) is 0 Å². The predicted octanol–water partition coefficient (Wildman–Crippen LogP) is 2.65. The van der Waals surface area contributed by atoms with Gasteiger partial charge in [-0.15, -0.1) is 0 Å². The molecule has 1 N–H and O–H groups in total. The molecule has 0 fully saturated rings. The Morgan fingerprint density at radius 2 is 2.09 bits per heavy atom. The minimum Gasteiger partial charge on any atom is -0.457 e. The van der Waals surface area contributed by atoms with Crippen LogP contribution >= 0.6 is 11.3 Å². The quantitative estimate of drug-likeness (QED) is 0.672. The molecule has 1 amide bonds. The average molecular weight is 321 g/mol. The van der Waals surface area contributed by atoms with Crippen molar-refractivity contribution in [2.24, 2.45) is 0 Å². The zero-order valence-corrected chi connectivity index (χ0v) is 13.2. The van der Waals surface area contributed by atoms with Gasteiger partial charge in [-0.25, -0.2) is 9.78 Å². The number of esters is 1. The normalized spacial score (nSPS) is 10.3. The molecule has 2 heterocycles. The zero-order valence-electron chi connectivity index (χ0n) is 12.4. The summed E-state index contributed by atoms with van der Waals surface area (Å²) in [6.45, 7) is 8.60. The number of aryl methyl sites for hydroxylation is 3. The van der Waals surface area contributed by atoms with Crippen LogP contribution in [0.5, 0.6) is 0 Å². The number of anilines is 1. The van der Waals surface area contributed by atoms with E-state index in [1.54, 1.807) is 20.8 Å². The maximum atomic E-state index is 12.2. The molecule has 0 aliphatic carbocycles. The number of thiazole rings is 1. The Hall–Kier alpha value is -2.48. The highest BCUT2D eigenvalue weighted by Crippen LogP contribution is 2.24. The molecule has 2 aromatic heterocycles. The fourth-order valence-electron chi connectivity index (χ4n) is 1.81. The molecule has 2 aromatic rings. The van der Waals surface area contributed by atoms with Gasteiger partial charge in [0, 0.05) is 0 Å². The molecular formula is C14H15N3O4S. The number of carbonyl (C=O) groups excluding carboxylic acids is 2. The van der Waals surface area contributed by atoms with Crippen molar-refractivity contribution in [2.75, 3.05) is 11.9 Å². The minimum atomic E-state index is -0.493. The van der Waals surface area contributed by atoms with Gasteiger partial charge in [0.2, 0.25) is 0 Å². The number of rotatable bonds is 5. The smallest absolute Gasteiger partial charge is 0.350 e. The van der Waals surface area contributed by atoms with Crippen LogP contribution in [0.1, 0.15) is 37.2 Å². The predicted molar refractivity (Wildman–Crippen MR) is 81.3 cm³/mol. The molecule has 116 valence electrons. The van der Waals surface area contributed by atoms with E-state index in [0.29, 0.717) is 32.7 Å². The largest absolute Gasteiger partial charge is 0.457 e. The maximum Gasteiger partial charge on any atom is 0.350 e. The third-order valence-electron chi connectivity index (χ3n) is 2.80. The van der Waals surface area contributed by atoms with Gasteiger partial charge in [0.1, 0.15) is 22.8 Å². The fraction of sp³-hybridized carbons (Fsp3) is 0.286. The van der Waals surface area contributed by atoms with Crippen LogP contribution in [0.4, 0.5) is 5.13 Å². The average Bonchev–Trinajstić information content (AvgIpc) is 2.99.